The van der Waals surface area contributed by atoms with Crippen LogP contribution in [0, 0.1) is 13.8 Å². The molecule has 24 heavy (non-hydrogen) atoms. The number of aliphatic imine (C=N–C) groups is 2. The Bertz CT molecular complexity index is 796. The van der Waals surface area contributed by atoms with Gasteiger partial charge >= 0.3 is 0 Å². The van der Waals surface area contributed by atoms with E-state index in [-0.39, 0.29) is 5.54 Å². The maximum absolute atomic E-state index is 6.09. The van der Waals surface area contributed by atoms with Crippen LogP contribution in [0.4, 0.5) is 5.69 Å². The van der Waals surface area contributed by atoms with Crippen molar-refractivity contribution in [1.82, 2.24) is 4.98 Å². The zero-order valence-corrected chi connectivity index (χ0v) is 15.8. The summed E-state index contributed by atoms with van der Waals surface area (Å²) in [5.41, 5.74) is 2.52. The molecule has 0 aliphatic carbocycles. The van der Waals surface area contributed by atoms with Crippen LogP contribution in [0.2, 0.25) is 10.0 Å². The third-order valence-electron chi connectivity index (χ3n) is 3.00. The molecule has 2 rings (SSSR count). The minimum Gasteiger partial charge on any atom is -0.438 e. The first-order valence-electron chi connectivity index (χ1n) is 7.43. The normalized spacial score (nSPS) is 11.0. The van der Waals surface area contributed by atoms with Crippen LogP contribution in [-0.2, 0) is 0 Å². The van der Waals surface area contributed by atoms with E-state index in [9.17, 15) is 0 Å². The van der Waals surface area contributed by atoms with E-state index in [0.717, 1.165) is 16.8 Å². The average molecular weight is 364 g/mol. The van der Waals surface area contributed by atoms with Gasteiger partial charge in [-0.2, -0.15) is 4.99 Å². The number of hydrogen-bond acceptors (Lipinski definition) is 4. The van der Waals surface area contributed by atoms with E-state index in [0.29, 0.717) is 21.7 Å². The zero-order valence-electron chi connectivity index (χ0n) is 14.3. The summed E-state index contributed by atoms with van der Waals surface area (Å²) in [5, 5.41) is 0.819. The standard InChI is InChI=1S/C18H19Cl2N3O/c1-11-6-14(24-17-15(20)8-13(19)9-21-17)7-12(2)16(11)22-10-23-18(3,4)5/h6-9H,1-5H3. The number of nitrogens with zero attached hydrogens (tertiary/aromatic N) is 3. The summed E-state index contributed by atoms with van der Waals surface area (Å²) in [7, 11) is 0. The van der Waals surface area contributed by atoms with Gasteiger partial charge < -0.3 is 4.74 Å². The van der Waals surface area contributed by atoms with Gasteiger partial charge in [-0.3, -0.25) is 0 Å². The first kappa shape index (κ1) is 18.5. The summed E-state index contributed by atoms with van der Waals surface area (Å²) in [5.74, 6) is 0.943. The number of benzene rings is 1. The third-order valence-corrected chi connectivity index (χ3v) is 3.48. The van der Waals surface area contributed by atoms with E-state index < -0.39 is 0 Å². The molecular weight excluding hydrogens is 345 g/mol. The van der Waals surface area contributed by atoms with Crippen LogP contribution in [0.3, 0.4) is 0 Å². The van der Waals surface area contributed by atoms with Crippen LogP contribution < -0.4 is 4.74 Å². The second kappa shape index (κ2) is 7.35. The summed E-state index contributed by atoms with van der Waals surface area (Å²) in [6, 6.07) is 8.10. The molecule has 0 spiro atoms. The number of aromatic nitrogens is 1. The number of aryl methyl sites for hydroxylation is 2. The number of hydrogen-bond donors (Lipinski definition) is 0. The highest BCUT2D eigenvalue weighted by Crippen LogP contribution is 2.33. The van der Waals surface area contributed by atoms with Gasteiger partial charge in [-0.05, 0) is 63.9 Å². The van der Waals surface area contributed by atoms with Gasteiger partial charge in [0, 0.05) is 6.20 Å². The Labute approximate surface area is 152 Å². The first-order chi connectivity index (χ1) is 11.2. The molecule has 1 aromatic carbocycles. The second-order valence-electron chi connectivity index (χ2n) is 6.44. The summed E-state index contributed by atoms with van der Waals surface area (Å²) in [6.07, 6.45) is 1.49. The molecule has 1 aromatic heterocycles. The molecule has 0 N–H and O–H groups in total. The molecule has 0 atom stereocenters. The second-order valence-corrected chi connectivity index (χ2v) is 7.29. The highest BCUT2D eigenvalue weighted by Gasteiger charge is 2.10. The predicted molar refractivity (Wildman–Crippen MR) is 99.5 cm³/mol. The van der Waals surface area contributed by atoms with E-state index in [4.69, 9.17) is 27.9 Å². The molecule has 0 fully saturated rings. The van der Waals surface area contributed by atoms with E-state index in [1.807, 2.05) is 46.8 Å². The third kappa shape index (κ3) is 5.07. The topological polar surface area (TPSA) is 46.8 Å². The highest BCUT2D eigenvalue weighted by atomic mass is 35.5. The molecule has 0 aliphatic rings. The summed E-state index contributed by atoms with van der Waals surface area (Å²) >= 11 is 11.9. The Morgan fingerprint density at radius 3 is 2.25 bits per heavy atom. The van der Waals surface area contributed by atoms with Crippen LogP contribution in [0.1, 0.15) is 31.9 Å². The first-order valence-corrected chi connectivity index (χ1v) is 8.19. The van der Waals surface area contributed by atoms with Crippen molar-refractivity contribution < 1.29 is 4.74 Å². The smallest absolute Gasteiger partial charge is 0.238 e. The quantitative estimate of drug-likeness (QED) is 0.592. The largest absolute Gasteiger partial charge is 0.438 e. The molecule has 0 bridgehead atoms. The Balaban J connectivity index is 2.31. The Kier molecular flexibility index (Phi) is 5.66. The van der Waals surface area contributed by atoms with Crippen LogP contribution in [0.5, 0.6) is 11.6 Å². The van der Waals surface area contributed by atoms with Crippen LogP contribution >= 0.6 is 23.2 Å². The number of pyridine rings is 1. The average Bonchev–Trinajstić information content (AvgIpc) is 2.44. The summed E-state index contributed by atoms with van der Waals surface area (Å²) in [6.45, 7) is 9.89. The van der Waals surface area contributed by atoms with Gasteiger partial charge in [-0.1, -0.05) is 23.2 Å². The van der Waals surface area contributed by atoms with Gasteiger partial charge in [0.1, 0.15) is 10.8 Å². The lowest BCUT2D eigenvalue weighted by Gasteiger charge is -2.11. The monoisotopic (exact) mass is 363 g/mol. The van der Waals surface area contributed by atoms with E-state index in [2.05, 4.69) is 21.0 Å². The van der Waals surface area contributed by atoms with Crippen LogP contribution in [0.15, 0.2) is 34.4 Å². The lowest BCUT2D eigenvalue weighted by Crippen LogP contribution is -2.07. The van der Waals surface area contributed by atoms with Crippen molar-refractivity contribution in [3.8, 4) is 11.6 Å². The lowest BCUT2D eigenvalue weighted by atomic mass is 10.1. The Morgan fingerprint density at radius 2 is 1.71 bits per heavy atom. The molecule has 6 heteroatoms. The maximum Gasteiger partial charge on any atom is 0.238 e. The van der Waals surface area contributed by atoms with Crippen molar-refractivity contribution >= 4 is 34.9 Å². The summed E-state index contributed by atoms with van der Waals surface area (Å²) in [4.78, 5) is 12.7. The molecule has 4 nitrogen and oxygen atoms in total. The minimum absolute atomic E-state index is 0.203. The van der Waals surface area contributed by atoms with Crippen molar-refractivity contribution in [3.63, 3.8) is 0 Å². The number of rotatable bonds is 3. The lowest BCUT2D eigenvalue weighted by molar-refractivity contribution is 0.462. The van der Waals surface area contributed by atoms with Crippen molar-refractivity contribution in [2.75, 3.05) is 0 Å². The molecule has 0 amide bonds. The van der Waals surface area contributed by atoms with Gasteiger partial charge in [-0.15, -0.1) is 0 Å². The Hall–Kier alpha value is -1.87. The van der Waals surface area contributed by atoms with Crippen molar-refractivity contribution in [1.29, 1.82) is 0 Å². The highest BCUT2D eigenvalue weighted by molar-refractivity contribution is 6.35. The van der Waals surface area contributed by atoms with Crippen LogP contribution in [0.25, 0.3) is 0 Å². The molecule has 0 saturated heterocycles. The van der Waals surface area contributed by atoms with Crippen molar-refractivity contribution in [3.05, 3.63) is 45.6 Å². The maximum atomic E-state index is 6.09. The minimum atomic E-state index is -0.203. The van der Waals surface area contributed by atoms with Crippen LogP contribution in [-0.4, -0.2) is 16.5 Å². The van der Waals surface area contributed by atoms with E-state index in [1.165, 1.54) is 6.20 Å². The van der Waals surface area contributed by atoms with Crippen molar-refractivity contribution in [2.45, 2.75) is 40.2 Å². The van der Waals surface area contributed by atoms with Gasteiger partial charge in [0.05, 0.1) is 22.3 Å². The molecular formula is C18H19Cl2N3O. The molecule has 1 heterocycles. The van der Waals surface area contributed by atoms with Gasteiger partial charge in [0.2, 0.25) is 5.88 Å². The molecule has 2 aromatic rings. The zero-order chi connectivity index (χ0) is 17.9. The fraction of sp³-hybridized carbons (Fsp3) is 0.333. The van der Waals surface area contributed by atoms with Gasteiger partial charge in [-0.25, -0.2) is 9.98 Å². The van der Waals surface area contributed by atoms with E-state index in [1.54, 1.807) is 6.07 Å². The predicted octanol–water partition coefficient (Wildman–Crippen LogP) is 6.40. The summed E-state index contributed by atoms with van der Waals surface area (Å²) < 4.78 is 5.75. The SMILES string of the molecule is Cc1cc(Oc2ncc(Cl)cc2Cl)cc(C)c1N=C=NC(C)(C)C. The number of ether oxygens (including phenoxy) is 1. The fourth-order valence-electron chi connectivity index (χ4n) is 1.97. The van der Waals surface area contributed by atoms with E-state index >= 15 is 0 Å². The molecule has 0 radical (unpaired) electrons. The molecule has 126 valence electrons. The molecule has 0 unspecified atom stereocenters. The Morgan fingerprint density at radius 1 is 1.08 bits per heavy atom. The fourth-order valence-corrected chi connectivity index (χ4v) is 2.38. The van der Waals surface area contributed by atoms with Crippen molar-refractivity contribution in [2.24, 2.45) is 9.98 Å². The number of halogens is 2. The molecule has 0 aliphatic heterocycles. The van der Waals surface area contributed by atoms with Gasteiger partial charge in [0.25, 0.3) is 0 Å². The van der Waals surface area contributed by atoms with Gasteiger partial charge in [0.15, 0.2) is 0 Å². The molecule has 0 saturated carbocycles.